The van der Waals surface area contributed by atoms with Crippen LogP contribution in [0.1, 0.15) is 77.8 Å². The first kappa shape index (κ1) is 39.0. The summed E-state index contributed by atoms with van der Waals surface area (Å²) in [6, 6.07) is 15.7. The molecule has 2 aromatic carbocycles. The van der Waals surface area contributed by atoms with Crippen LogP contribution in [-0.2, 0) is 23.9 Å². The molecule has 1 unspecified atom stereocenters. The summed E-state index contributed by atoms with van der Waals surface area (Å²) in [6.07, 6.45) is -0.409. The molecule has 0 spiro atoms. The van der Waals surface area contributed by atoms with Crippen LogP contribution >= 0.6 is 0 Å². The van der Waals surface area contributed by atoms with E-state index in [9.17, 15) is 24.3 Å². The number of carboxylic acid groups (broad SMARTS) is 1. The standard InChI is InChI=1S/C40H57N3O7/c1-9-27(6)38(35(49-8)23-36(45)46)41(7)39(47)32(25(2)3)22-34(44)37(26(4)5)42-18-20-43(21-19-42)40(48)50-24-33-30-16-12-10-14-28(30)29-15-11-13-17-31(29)33/h10-17,25-27,32-33,35,37-38H,9,18-24H2,1-8H3,(H,45,46)/t27-,32-,35?,37-,38-/m0/s1. The van der Waals surface area contributed by atoms with Crippen LogP contribution < -0.4 is 0 Å². The van der Waals surface area contributed by atoms with Gasteiger partial charge in [-0.15, -0.1) is 0 Å². The molecule has 1 saturated heterocycles. The van der Waals surface area contributed by atoms with Crippen molar-refractivity contribution in [2.75, 3.05) is 46.9 Å². The molecule has 1 aliphatic heterocycles. The van der Waals surface area contributed by atoms with Crippen molar-refractivity contribution >= 4 is 23.8 Å². The molecule has 2 aliphatic rings. The Kier molecular flexibility index (Phi) is 13.6. The van der Waals surface area contributed by atoms with E-state index in [-0.39, 0.29) is 60.9 Å². The predicted molar refractivity (Wildman–Crippen MR) is 194 cm³/mol. The lowest BCUT2D eigenvalue weighted by atomic mass is 9.83. The zero-order valence-electron chi connectivity index (χ0n) is 31.1. The maximum absolute atomic E-state index is 14.1. The number of carboxylic acids is 1. The van der Waals surface area contributed by atoms with Crippen molar-refractivity contribution in [1.82, 2.24) is 14.7 Å². The van der Waals surface area contributed by atoms with Crippen molar-refractivity contribution in [2.45, 2.75) is 84.9 Å². The molecule has 4 rings (SSSR count). The number of hydrogen-bond donors (Lipinski definition) is 1. The molecule has 0 saturated carbocycles. The number of fused-ring (bicyclic) bond motifs is 3. The van der Waals surface area contributed by atoms with E-state index < -0.39 is 30.1 Å². The van der Waals surface area contributed by atoms with Gasteiger partial charge in [-0.05, 0) is 40.0 Å². The molecule has 1 fully saturated rings. The van der Waals surface area contributed by atoms with Gasteiger partial charge in [-0.2, -0.15) is 0 Å². The lowest BCUT2D eigenvalue weighted by Crippen LogP contribution is -2.56. The number of carbonyl (C=O) groups is 4. The van der Waals surface area contributed by atoms with Crippen molar-refractivity contribution < 1.29 is 33.8 Å². The molecule has 0 radical (unpaired) electrons. The fourth-order valence-corrected chi connectivity index (χ4v) is 7.97. The highest BCUT2D eigenvalue weighted by Gasteiger charge is 2.40. The monoisotopic (exact) mass is 691 g/mol. The molecule has 1 heterocycles. The molecular weight excluding hydrogens is 634 g/mol. The van der Waals surface area contributed by atoms with Gasteiger partial charge in [0.2, 0.25) is 5.91 Å². The predicted octanol–water partition coefficient (Wildman–Crippen LogP) is 6.17. The number of nitrogens with zero attached hydrogens (tertiary/aromatic N) is 3. The van der Waals surface area contributed by atoms with Crippen LogP contribution in [0, 0.1) is 23.7 Å². The van der Waals surface area contributed by atoms with Crippen LogP contribution in [0.3, 0.4) is 0 Å². The van der Waals surface area contributed by atoms with Gasteiger partial charge >= 0.3 is 12.1 Å². The van der Waals surface area contributed by atoms with Crippen LogP contribution in [0.5, 0.6) is 0 Å². The number of rotatable bonds is 16. The van der Waals surface area contributed by atoms with Crippen LogP contribution in [0.25, 0.3) is 11.1 Å². The molecule has 10 heteroatoms. The maximum atomic E-state index is 14.1. The molecule has 1 N–H and O–H groups in total. The summed E-state index contributed by atoms with van der Waals surface area (Å²) >= 11 is 0. The summed E-state index contributed by atoms with van der Waals surface area (Å²) in [5.74, 6) is -1.84. The minimum Gasteiger partial charge on any atom is -0.481 e. The summed E-state index contributed by atoms with van der Waals surface area (Å²) in [7, 11) is 3.18. The molecule has 2 amide bonds. The van der Waals surface area contributed by atoms with Gasteiger partial charge < -0.3 is 24.4 Å². The Morgan fingerprint density at radius 3 is 1.90 bits per heavy atom. The first-order valence-electron chi connectivity index (χ1n) is 18.2. The minimum absolute atomic E-state index is 0.00366. The highest BCUT2D eigenvalue weighted by atomic mass is 16.6. The summed E-state index contributed by atoms with van der Waals surface area (Å²) in [5.41, 5.74) is 4.71. The van der Waals surface area contributed by atoms with Gasteiger partial charge in [0.25, 0.3) is 0 Å². The van der Waals surface area contributed by atoms with E-state index in [1.165, 1.54) is 29.4 Å². The quantitative estimate of drug-likeness (QED) is 0.222. The van der Waals surface area contributed by atoms with E-state index in [1.807, 2.05) is 65.8 Å². The smallest absolute Gasteiger partial charge is 0.409 e. The number of likely N-dealkylation sites (N-methyl/N-ethyl adjacent to an activating group) is 1. The molecule has 50 heavy (non-hydrogen) atoms. The summed E-state index contributed by atoms with van der Waals surface area (Å²) in [6.45, 7) is 14.2. The third-order valence-corrected chi connectivity index (χ3v) is 10.9. The fourth-order valence-electron chi connectivity index (χ4n) is 7.97. The largest absolute Gasteiger partial charge is 0.481 e. The third-order valence-electron chi connectivity index (χ3n) is 10.9. The van der Waals surface area contributed by atoms with E-state index >= 15 is 0 Å². The number of ketones is 1. The first-order chi connectivity index (χ1) is 23.8. The van der Waals surface area contributed by atoms with Crippen LogP contribution in [0.4, 0.5) is 4.79 Å². The van der Waals surface area contributed by atoms with Crippen molar-refractivity contribution in [3.63, 3.8) is 0 Å². The van der Waals surface area contributed by atoms with Crippen LogP contribution in [0.2, 0.25) is 0 Å². The van der Waals surface area contributed by atoms with Gasteiger partial charge in [0, 0.05) is 58.6 Å². The molecular formula is C40H57N3O7. The highest BCUT2D eigenvalue weighted by Crippen LogP contribution is 2.44. The van der Waals surface area contributed by atoms with E-state index in [4.69, 9.17) is 9.47 Å². The number of ether oxygens (including phenoxy) is 2. The molecule has 0 aromatic heterocycles. The van der Waals surface area contributed by atoms with Gasteiger partial charge in [-0.25, -0.2) is 4.79 Å². The number of Topliss-reactive ketones (excluding diaryl/α,β-unsaturated/α-hetero) is 1. The Morgan fingerprint density at radius 1 is 0.860 bits per heavy atom. The number of carbonyl (C=O) groups excluding carboxylic acids is 3. The zero-order chi connectivity index (χ0) is 36.7. The summed E-state index contributed by atoms with van der Waals surface area (Å²) < 4.78 is 11.5. The lowest BCUT2D eigenvalue weighted by Gasteiger charge is -2.41. The minimum atomic E-state index is -0.986. The number of methoxy groups -OCH3 is 1. The second-order valence-electron chi connectivity index (χ2n) is 14.7. The normalized spacial score (nSPS) is 17.8. The van der Waals surface area contributed by atoms with E-state index in [0.717, 1.165) is 6.42 Å². The fraction of sp³-hybridized carbons (Fsp3) is 0.600. The highest BCUT2D eigenvalue weighted by molar-refractivity contribution is 5.90. The first-order valence-corrected chi connectivity index (χ1v) is 18.2. The molecule has 1 aliphatic carbocycles. The Labute approximate surface area is 298 Å². The van der Waals surface area contributed by atoms with Crippen molar-refractivity contribution in [2.24, 2.45) is 23.7 Å². The van der Waals surface area contributed by atoms with Gasteiger partial charge in [-0.3, -0.25) is 19.3 Å². The number of aliphatic carboxylic acids is 1. The molecule has 0 bridgehead atoms. The van der Waals surface area contributed by atoms with E-state index in [1.54, 1.807) is 16.8 Å². The molecule has 2 aromatic rings. The van der Waals surface area contributed by atoms with Gasteiger partial charge in [0.05, 0.1) is 24.6 Å². The SMILES string of the molecule is CC[C@H](C)[C@@H](C(CC(=O)O)OC)N(C)C(=O)[C@@H](CC(=O)[C@H](C(C)C)N1CCN(C(=O)OCC2c3ccccc3-c3ccccc32)CC1)C(C)C. The molecule has 10 nitrogen and oxygen atoms in total. The van der Waals surface area contributed by atoms with Gasteiger partial charge in [0.15, 0.2) is 5.78 Å². The average molecular weight is 692 g/mol. The van der Waals surface area contributed by atoms with Gasteiger partial charge in [-0.1, -0.05) is 96.5 Å². The second-order valence-corrected chi connectivity index (χ2v) is 14.7. The second kappa shape index (κ2) is 17.4. The van der Waals surface area contributed by atoms with Crippen LogP contribution in [0.15, 0.2) is 48.5 Å². The average Bonchev–Trinajstić information content (AvgIpc) is 3.42. The Bertz CT molecular complexity index is 1440. The van der Waals surface area contributed by atoms with Crippen LogP contribution in [-0.4, -0.2) is 109 Å². The third kappa shape index (κ3) is 8.75. The number of benzene rings is 2. The van der Waals surface area contributed by atoms with Crippen molar-refractivity contribution in [3.8, 4) is 11.1 Å². The lowest BCUT2D eigenvalue weighted by molar-refractivity contribution is -0.149. The molecule has 5 atom stereocenters. The van der Waals surface area contributed by atoms with Gasteiger partial charge in [0.1, 0.15) is 6.61 Å². The van der Waals surface area contributed by atoms with Crippen molar-refractivity contribution in [1.29, 1.82) is 0 Å². The molecule has 274 valence electrons. The Morgan fingerprint density at radius 2 is 1.42 bits per heavy atom. The number of amides is 2. The Hall–Kier alpha value is -3.76. The Balaban J connectivity index is 1.38. The maximum Gasteiger partial charge on any atom is 0.409 e. The summed E-state index contributed by atoms with van der Waals surface area (Å²) in [5, 5.41) is 9.51. The zero-order valence-corrected chi connectivity index (χ0v) is 31.1. The number of hydrogen-bond acceptors (Lipinski definition) is 7. The summed E-state index contributed by atoms with van der Waals surface area (Å²) in [4.78, 5) is 58.5. The topological polar surface area (TPSA) is 117 Å². The van der Waals surface area contributed by atoms with Crippen molar-refractivity contribution in [3.05, 3.63) is 59.7 Å². The number of piperazine rings is 1. The van der Waals surface area contributed by atoms with E-state index in [0.29, 0.717) is 26.2 Å². The van der Waals surface area contributed by atoms with E-state index in [2.05, 4.69) is 29.2 Å².